The molecule has 0 aliphatic carbocycles. The van der Waals surface area contributed by atoms with Crippen molar-refractivity contribution in [3.63, 3.8) is 0 Å². The quantitative estimate of drug-likeness (QED) is 0.588. The minimum absolute atomic E-state index is 0.0877. The lowest BCUT2D eigenvalue weighted by molar-refractivity contribution is -0.118. The van der Waals surface area contributed by atoms with Crippen LogP contribution in [0.1, 0.15) is 19.4 Å². The molecule has 1 amide bonds. The highest BCUT2D eigenvalue weighted by Crippen LogP contribution is 2.35. The molecule has 0 unspecified atom stereocenters. The van der Waals surface area contributed by atoms with Crippen molar-refractivity contribution in [2.45, 2.75) is 36.7 Å². The van der Waals surface area contributed by atoms with Crippen LogP contribution in [-0.2, 0) is 18.3 Å². The van der Waals surface area contributed by atoms with E-state index in [-0.39, 0.29) is 17.2 Å². The Hall–Kier alpha value is -2.31. The Bertz CT molecular complexity index is 1030. The zero-order valence-corrected chi connectivity index (χ0v) is 17.5. The third-order valence-electron chi connectivity index (χ3n) is 5.02. The summed E-state index contributed by atoms with van der Waals surface area (Å²) in [7, 11) is 1.89. The molecule has 0 radical (unpaired) electrons. The van der Waals surface area contributed by atoms with Crippen LogP contribution >= 0.6 is 23.4 Å². The summed E-state index contributed by atoms with van der Waals surface area (Å²) in [4.78, 5) is 15.1. The van der Waals surface area contributed by atoms with Crippen molar-refractivity contribution in [2.75, 3.05) is 4.90 Å². The minimum atomic E-state index is -0.282. The number of aromatic nitrogens is 3. The molecule has 0 saturated carbocycles. The molecule has 3 aromatic rings. The molecule has 0 saturated heterocycles. The van der Waals surface area contributed by atoms with Crippen molar-refractivity contribution < 1.29 is 4.79 Å². The van der Waals surface area contributed by atoms with Gasteiger partial charge in [0.05, 0.1) is 10.3 Å². The number of para-hydroxylation sites is 1. The summed E-state index contributed by atoms with van der Waals surface area (Å²) in [6.45, 7) is 4.01. The molecule has 1 aliphatic heterocycles. The van der Waals surface area contributed by atoms with Crippen molar-refractivity contribution in [3.8, 4) is 11.4 Å². The van der Waals surface area contributed by atoms with Crippen LogP contribution in [0.25, 0.3) is 11.4 Å². The van der Waals surface area contributed by atoms with E-state index < -0.39 is 0 Å². The Morgan fingerprint density at radius 3 is 2.68 bits per heavy atom. The molecular weight excluding hydrogens is 392 g/mol. The van der Waals surface area contributed by atoms with Crippen LogP contribution < -0.4 is 4.90 Å². The summed E-state index contributed by atoms with van der Waals surface area (Å²) in [6.07, 6.45) is 0.889. The first-order valence-electron chi connectivity index (χ1n) is 9.19. The second-order valence-electron chi connectivity index (χ2n) is 7.00. The van der Waals surface area contributed by atoms with Gasteiger partial charge in [0.15, 0.2) is 11.0 Å². The normalized spacial score (nSPS) is 16.9. The lowest BCUT2D eigenvalue weighted by Gasteiger charge is -2.25. The van der Waals surface area contributed by atoms with Gasteiger partial charge in [0.25, 0.3) is 0 Å². The number of amides is 1. The SMILES string of the molecule is C[C@H](Sc1nnc(-c2ccccc2Cl)n1C)C(=O)N1c2ccccc2C[C@H]1C. The Morgan fingerprint density at radius 2 is 1.89 bits per heavy atom. The van der Waals surface area contributed by atoms with Gasteiger partial charge in [0.2, 0.25) is 5.91 Å². The summed E-state index contributed by atoms with van der Waals surface area (Å²) >= 11 is 7.72. The summed E-state index contributed by atoms with van der Waals surface area (Å²) in [6, 6.07) is 15.8. The Balaban J connectivity index is 1.56. The Labute approximate surface area is 173 Å². The molecular formula is C21H21ClN4OS. The molecule has 2 atom stereocenters. The van der Waals surface area contributed by atoms with Gasteiger partial charge in [-0.2, -0.15) is 0 Å². The highest BCUT2D eigenvalue weighted by molar-refractivity contribution is 8.00. The van der Waals surface area contributed by atoms with Gasteiger partial charge >= 0.3 is 0 Å². The van der Waals surface area contributed by atoms with E-state index in [9.17, 15) is 4.79 Å². The highest BCUT2D eigenvalue weighted by atomic mass is 35.5. The van der Waals surface area contributed by atoms with E-state index >= 15 is 0 Å². The molecule has 4 rings (SSSR count). The van der Waals surface area contributed by atoms with Gasteiger partial charge in [0, 0.05) is 24.3 Å². The van der Waals surface area contributed by atoms with Crippen molar-refractivity contribution in [1.82, 2.24) is 14.8 Å². The fraction of sp³-hybridized carbons (Fsp3) is 0.286. The Morgan fingerprint density at radius 1 is 1.18 bits per heavy atom. The van der Waals surface area contributed by atoms with Gasteiger partial charge in [-0.1, -0.05) is 53.7 Å². The van der Waals surface area contributed by atoms with Crippen molar-refractivity contribution >= 4 is 35.0 Å². The van der Waals surface area contributed by atoms with Gasteiger partial charge in [-0.05, 0) is 44.0 Å². The second kappa shape index (κ2) is 7.60. The fourth-order valence-electron chi connectivity index (χ4n) is 3.60. The van der Waals surface area contributed by atoms with Crippen LogP contribution in [0.3, 0.4) is 0 Å². The topological polar surface area (TPSA) is 51.0 Å². The standard InChI is InChI=1S/C21H21ClN4OS/c1-13-12-15-8-4-7-11-18(15)26(13)20(27)14(2)28-21-24-23-19(25(21)3)16-9-5-6-10-17(16)22/h4-11,13-14H,12H2,1-3H3/t13-,14+/m1/s1. The largest absolute Gasteiger partial charge is 0.308 e. The first-order chi connectivity index (χ1) is 13.5. The molecule has 28 heavy (non-hydrogen) atoms. The molecule has 2 heterocycles. The molecule has 0 fully saturated rings. The molecule has 2 aromatic carbocycles. The predicted octanol–water partition coefficient (Wildman–Crippen LogP) is 4.59. The number of benzene rings is 2. The number of hydrogen-bond acceptors (Lipinski definition) is 4. The van der Waals surface area contributed by atoms with Crippen molar-refractivity contribution in [2.24, 2.45) is 7.05 Å². The van der Waals surface area contributed by atoms with Crippen LogP contribution in [0.15, 0.2) is 53.7 Å². The van der Waals surface area contributed by atoms with Crippen molar-refractivity contribution in [3.05, 3.63) is 59.1 Å². The van der Waals surface area contributed by atoms with Crippen LogP contribution in [-0.4, -0.2) is 32.0 Å². The monoisotopic (exact) mass is 412 g/mol. The number of anilines is 1. The molecule has 1 aromatic heterocycles. The fourth-order valence-corrected chi connectivity index (χ4v) is 4.68. The van der Waals surface area contributed by atoms with Gasteiger partial charge in [-0.25, -0.2) is 0 Å². The summed E-state index contributed by atoms with van der Waals surface area (Å²) in [5, 5.41) is 9.62. The van der Waals surface area contributed by atoms with E-state index in [0.29, 0.717) is 16.0 Å². The van der Waals surface area contributed by atoms with E-state index in [4.69, 9.17) is 11.6 Å². The van der Waals surface area contributed by atoms with Crippen LogP contribution in [0, 0.1) is 0 Å². The zero-order valence-electron chi connectivity index (χ0n) is 16.0. The van der Waals surface area contributed by atoms with E-state index in [1.165, 1.54) is 17.3 Å². The number of fused-ring (bicyclic) bond motifs is 1. The minimum Gasteiger partial charge on any atom is -0.308 e. The van der Waals surface area contributed by atoms with Crippen molar-refractivity contribution in [1.29, 1.82) is 0 Å². The molecule has 144 valence electrons. The van der Waals surface area contributed by atoms with Gasteiger partial charge < -0.3 is 9.47 Å². The average molecular weight is 413 g/mol. The third-order valence-corrected chi connectivity index (χ3v) is 6.48. The summed E-state index contributed by atoms with van der Waals surface area (Å²) in [5.41, 5.74) is 3.06. The van der Waals surface area contributed by atoms with E-state index in [1.54, 1.807) is 0 Å². The first-order valence-corrected chi connectivity index (χ1v) is 10.4. The zero-order chi connectivity index (χ0) is 19.8. The smallest absolute Gasteiger partial charge is 0.240 e. The molecule has 1 aliphatic rings. The number of halogens is 1. The summed E-state index contributed by atoms with van der Waals surface area (Å²) in [5.74, 6) is 0.775. The predicted molar refractivity (Wildman–Crippen MR) is 114 cm³/mol. The number of nitrogens with zero attached hydrogens (tertiary/aromatic N) is 4. The summed E-state index contributed by atoms with van der Waals surface area (Å²) < 4.78 is 1.89. The lowest BCUT2D eigenvalue weighted by Crippen LogP contribution is -2.40. The van der Waals surface area contributed by atoms with Gasteiger partial charge in [-0.15, -0.1) is 10.2 Å². The van der Waals surface area contributed by atoms with Crippen LogP contribution in [0.2, 0.25) is 5.02 Å². The number of carbonyl (C=O) groups is 1. The Kier molecular flexibility index (Phi) is 5.17. The third kappa shape index (κ3) is 3.31. The molecule has 7 heteroatoms. The molecule has 0 N–H and O–H groups in total. The second-order valence-corrected chi connectivity index (χ2v) is 8.71. The van der Waals surface area contributed by atoms with Gasteiger partial charge in [0.1, 0.15) is 0 Å². The first kappa shape index (κ1) is 19.0. The van der Waals surface area contributed by atoms with E-state index in [1.807, 2.05) is 65.9 Å². The highest BCUT2D eigenvalue weighted by Gasteiger charge is 2.34. The lowest BCUT2D eigenvalue weighted by atomic mass is 10.1. The van der Waals surface area contributed by atoms with E-state index in [2.05, 4.69) is 23.2 Å². The van der Waals surface area contributed by atoms with Crippen LogP contribution in [0.5, 0.6) is 0 Å². The molecule has 0 spiro atoms. The maximum atomic E-state index is 13.2. The maximum Gasteiger partial charge on any atom is 0.240 e. The van der Waals surface area contributed by atoms with Crippen LogP contribution in [0.4, 0.5) is 5.69 Å². The maximum absolute atomic E-state index is 13.2. The number of rotatable bonds is 4. The molecule has 0 bridgehead atoms. The molecule has 5 nitrogen and oxygen atoms in total. The number of hydrogen-bond donors (Lipinski definition) is 0. The average Bonchev–Trinajstić information content (AvgIpc) is 3.21. The van der Waals surface area contributed by atoms with E-state index in [0.717, 1.165) is 17.7 Å². The number of carbonyl (C=O) groups excluding carboxylic acids is 1. The van der Waals surface area contributed by atoms with Gasteiger partial charge in [-0.3, -0.25) is 4.79 Å². The number of thioether (sulfide) groups is 1.